The highest BCUT2D eigenvalue weighted by atomic mass is 16.4. The zero-order valence-corrected chi connectivity index (χ0v) is 16.7. The van der Waals surface area contributed by atoms with Crippen molar-refractivity contribution in [1.29, 1.82) is 0 Å². The Bertz CT molecular complexity index is 402. The van der Waals surface area contributed by atoms with Crippen molar-refractivity contribution in [2.24, 2.45) is 0 Å². The quantitative estimate of drug-likeness (QED) is 0.239. The van der Waals surface area contributed by atoms with E-state index in [0.717, 1.165) is 25.7 Å². The molecule has 0 bridgehead atoms. The van der Waals surface area contributed by atoms with Gasteiger partial charge < -0.3 is 10.4 Å². The van der Waals surface area contributed by atoms with Gasteiger partial charge in [-0.2, -0.15) is 0 Å². The molecule has 0 aromatic heterocycles. The third-order valence-electron chi connectivity index (χ3n) is 4.24. The van der Waals surface area contributed by atoms with E-state index >= 15 is 0 Å². The summed E-state index contributed by atoms with van der Waals surface area (Å²) in [4.78, 5) is 21.9. The summed E-state index contributed by atoms with van der Waals surface area (Å²) in [5.74, 6) is -0.769. The minimum atomic E-state index is -0.812. The van der Waals surface area contributed by atoms with Crippen LogP contribution in [-0.4, -0.2) is 23.5 Å². The summed E-state index contributed by atoms with van der Waals surface area (Å²) in [5, 5.41) is 11.3. The maximum Gasteiger partial charge on any atom is 0.303 e. The number of carboxylic acids is 1. The van der Waals surface area contributed by atoms with Gasteiger partial charge >= 0.3 is 5.97 Å². The van der Waals surface area contributed by atoms with Crippen molar-refractivity contribution in [1.82, 2.24) is 5.32 Å². The molecular weight excluding hydrogens is 326 g/mol. The van der Waals surface area contributed by atoms with Crippen LogP contribution >= 0.6 is 0 Å². The molecule has 26 heavy (non-hydrogen) atoms. The lowest BCUT2D eigenvalue weighted by Gasteiger charge is -2.04. The number of nitrogens with one attached hydrogen (secondary N) is 1. The second-order valence-electron chi connectivity index (χ2n) is 6.83. The fourth-order valence-corrected chi connectivity index (χ4v) is 2.65. The molecule has 4 nitrogen and oxygen atoms in total. The summed E-state index contributed by atoms with van der Waals surface area (Å²) in [6.07, 6.45) is 23.2. The predicted octanol–water partition coefficient (Wildman–Crippen LogP) is 5.78. The van der Waals surface area contributed by atoms with Gasteiger partial charge in [-0.3, -0.25) is 9.59 Å². The Morgan fingerprint density at radius 2 is 1.38 bits per heavy atom. The van der Waals surface area contributed by atoms with E-state index in [-0.39, 0.29) is 12.3 Å². The molecule has 4 heteroatoms. The number of aliphatic carboxylic acids is 1. The Morgan fingerprint density at radius 1 is 0.769 bits per heavy atom. The van der Waals surface area contributed by atoms with Gasteiger partial charge in [0.2, 0.25) is 5.91 Å². The van der Waals surface area contributed by atoms with Crippen LogP contribution in [0, 0.1) is 0 Å². The van der Waals surface area contributed by atoms with Crippen LogP contribution in [0.3, 0.4) is 0 Å². The first-order valence-corrected chi connectivity index (χ1v) is 10.4. The van der Waals surface area contributed by atoms with Gasteiger partial charge in [-0.1, -0.05) is 63.3 Å². The summed E-state index contributed by atoms with van der Waals surface area (Å²) in [6.45, 7) is 2.70. The zero-order chi connectivity index (χ0) is 19.3. The van der Waals surface area contributed by atoms with Crippen LogP contribution in [-0.2, 0) is 9.59 Å². The maximum atomic E-state index is 11.5. The van der Waals surface area contributed by atoms with Crippen LogP contribution in [0.1, 0.15) is 96.8 Å². The summed E-state index contributed by atoms with van der Waals surface area (Å²) < 4.78 is 0. The second kappa shape index (κ2) is 19.7. The second-order valence-corrected chi connectivity index (χ2v) is 6.83. The van der Waals surface area contributed by atoms with E-state index < -0.39 is 5.97 Å². The van der Waals surface area contributed by atoms with Gasteiger partial charge in [-0.05, 0) is 44.9 Å². The van der Waals surface area contributed by atoms with Crippen LogP contribution in [0.25, 0.3) is 0 Å². The molecule has 0 aliphatic heterocycles. The number of carbonyl (C=O) groups excluding carboxylic acids is 1. The maximum absolute atomic E-state index is 11.5. The van der Waals surface area contributed by atoms with Crippen molar-refractivity contribution >= 4 is 11.9 Å². The van der Waals surface area contributed by atoms with E-state index in [1.807, 2.05) is 0 Å². The third kappa shape index (κ3) is 20.5. The van der Waals surface area contributed by atoms with E-state index in [1.54, 1.807) is 0 Å². The number of carboxylic acid groups (broad SMARTS) is 1. The first-order valence-electron chi connectivity index (χ1n) is 10.4. The highest BCUT2D eigenvalue weighted by Gasteiger charge is 2.01. The zero-order valence-electron chi connectivity index (χ0n) is 16.7. The molecule has 2 N–H and O–H groups in total. The van der Waals surface area contributed by atoms with E-state index in [4.69, 9.17) is 5.11 Å². The Hall–Kier alpha value is -1.58. The monoisotopic (exact) mass is 365 g/mol. The average Bonchev–Trinajstić information content (AvgIpc) is 2.62. The van der Waals surface area contributed by atoms with Crippen LogP contribution in [0.15, 0.2) is 24.3 Å². The largest absolute Gasteiger partial charge is 0.481 e. The van der Waals surface area contributed by atoms with Crippen LogP contribution in [0.4, 0.5) is 0 Å². The fourth-order valence-electron chi connectivity index (χ4n) is 2.65. The third-order valence-corrected chi connectivity index (χ3v) is 4.24. The number of amides is 1. The molecule has 1 amide bonds. The summed E-state index contributed by atoms with van der Waals surface area (Å²) in [7, 11) is 0. The van der Waals surface area contributed by atoms with Crippen molar-refractivity contribution in [3.63, 3.8) is 0 Å². The SMILES string of the molecule is CCCCC/C=C\C/C=C\CCCCCCCC(=O)NCCCC(=O)O. The molecule has 0 saturated carbocycles. The Morgan fingerprint density at radius 3 is 2.04 bits per heavy atom. The molecule has 0 aromatic carbocycles. The summed E-state index contributed by atoms with van der Waals surface area (Å²) >= 11 is 0. The van der Waals surface area contributed by atoms with Crippen LogP contribution in [0.5, 0.6) is 0 Å². The average molecular weight is 366 g/mol. The Kier molecular flexibility index (Phi) is 18.5. The predicted molar refractivity (Wildman–Crippen MR) is 109 cm³/mol. The highest BCUT2D eigenvalue weighted by Crippen LogP contribution is 2.08. The first kappa shape index (κ1) is 24.4. The van der Waals surface area contributed by atoms with Crippen molar-refractivity contribution in [3.8, 4) is 0 Å². The molecule has 0 saturated heterocycles. The van der Waals surface area contributed by atoms with Gasteiger partial charge in [0.15, 0.2) is 0 Å². The normalized spacial score (nSPS) is 11.4. The molecule has 0 spiro atoms. The van der Waals surface area contributed by atoms with E-state index in [9.17, 15) is 9.59 Å². The lowest BCUT2D eigenvalue weighted by molar-refractivity contribution is -0.137. The van der Waals surface area contributed by atoms with Crippen LogP contribution in [0.2, 0.25) is 0 Å². The van der Waals surface area contributed by atoms with Gasteiger partial charge in [0, 0.05) is 19.4 Å². The van der Waals surface area contributed by atoms with Gasteiger partial charge in [0.05, 0.1) is 0 Å². The standard InChI is InChI=1S/C22H39NO3/c1-2-3-4-5-6-7-8-9-10-11-12-13-14-15-16-18-21(24)23-20-17-19-22(25)26/h6-7,9-10H,2-5,8,11-20H2,1H3,(H,23,24)(H,25,26)/b7-6-,10-9-. The molecule has 0 aliphatic carbocycles. The lowest BCUT2D eigenvalue weighted by Crippen LogP contribution is -2.24. The molecule has 0 fully saturated rings. The number of rotatable bonds is 18. The lowest BCUT2D eigenvalue weighted by atomic mass is 10.1. The van der Waals surface area contributed by atoms with Gasteiger partial charge in [-0.15, -0.1) is 0 Å². The Labute approximate surface area is 160 Å². The fraction of sp³-hybridized carbons (Fsp3) is 0.727. The Balaban J connectivity index is 3.29. The molecule has 0 heterocycles. The van der Waals surface area contributed by atoms with Crippen molar-refractivity contribution in [2.45, 2.75) is 96.8 Å². The van der Waals surface area contributed by atoms with Gasteiger partial charge in [-0.25, -0.2) is 0 Å². The molecule has 0 aliphatic rings. The van der Waals surface area contributed by atoms with E-state index in [1.165, 1.54) is 44.9 Å². The van der Waals surface area contributed by atoms with E-state index in [0.29, 0.717) is 19.4 Å². The summed E-state index contributed by atoms with van der Waals surface area (Å²) in [5.41, 5.74) is 0. The first-order chi connectivity index (χ1) is 12.7. The number of hydrogen-bond donors (Lipinski definition) is 2. The smallest absolute Gasteiger partial charge is 0.303 e. The molecule has 0 aromatic rings. The van der Waals surface area contributed by atoms with Crippen molar-refractivity contribution < 1.29 is 14.7 Å². The van der Waals surface area contributed by atoms with Crippen molar-refractivity contribution in [2.75, 3.05) is 6.54 Å². The minimum absolute atomic E-state index is 0.0427. The van der Waals surface area contributed by atoms with E-state index in [2.05, 4.69) is 36.5 Å². The number of unbranched alkanes of at least 4 members (excludes halogenated alkanes) is 8. The number of hydrogen-bond acceptors (Lipinski definition) is 2. The van der Waals surface area contributed by atoms with Gasteiger partial charge in [0.25, 0.3) is 0 Å². The highest BCUT2D eigenvalue weighted by molar-refractivity contribution is 5.75. The molecule has 0 radical (unpaired) electrons. The van der Waals surface area contributed by atoms with Crippen LogP contribution < -0.4 is 5.32 Å². The summed E-state index contributed by atoms with van der Waals surface area (Å²) in [6, 6.07) is 0. The topological polar surface area (TPSA) is 66.4 Å². The van der Waals surface area contributed by atoms with Gasteiger partial charge in [0.1, 0.15) is 0 Å². The number of carbonyl (C=O) groups is 2. The molecule has 150 valence electrons. The molecular formula is C22H39NO3. The molecule has 0 atom stereocenters. The minimum Gasteiger partial charge on any atom is -0.481 e. The van der Waals surface area contributed by atoms with Crippen molar-refractivity contribution in [3.05, 3.63) is 24.3 Å². The number of allylic oxidation sites excluding steroid dienone is 4. The molecule has 0 rings (SSSR count). The molecule has 0 unspecified atom stereocenters.